The normalized spacial score (nSPS) is 16.1. The highest BCUT2D eigenvalue weighted by atomic mass is 16.6. The molecular weight excluding hydrogens is 298 g/mol. The number of nitrogens with one attached hydrogen (secondary N) is 2. The molecule has 0 unspecified atom stereocenters. The second-order valence-electron chi connectivity index (χ2n) is 6.05. The van der Waals surface area contributed by atoms with Gasteiger partial charge in [-0.3, -0.25) is 14.9 Å². The van der Waals surface area contributed by atoms with Gasteiger partial charge in [0.1, 0.15) is 11.3 Å². The van der Waals surface area contributed by atoms with Gasteiger partial charge in [-0.1, -0.05) is 6.07 Å². The molecular formula is C16H23N3O4. The Morgan fingerprint density at radius 2 is 2.04 bits per heavy atom. The summed E-state index contributed by atoms with van der Waals surface area (Å²) >= 11 is 0. The van der Waals surface area contributed by atoms with Gasteiger partial charge in [0.15, 0.2) is 0 Å². The van der Waals surface area contributed by atoms with Gasteiger partial charge in [-0.25, -0.2) is 0 Å². The molecule has 0 aliphatic heterocycles. The number of anilines is 1. The lowest BCUT2D eigenvalue weighted by atomic mass is 10.0. The second kappa shape index (κ2) is 7.41. The fourth-order valence-electron chi connectivity index (χ4n) is 2.81. The Morgan fingerprint density at radius 1 is 1.35 bits per heavy atom. The van der Waals surface area contributed by atoms with E-state index < -0.39 is 10.5 Å². The molecule has 1 aromatic carbocycles. The first-order valence-electron chi connectivity index (χ1n) is 7.92. The summed E-state index contributed by atoms with van der Waals surface area (Å²) in [5.41, 5.74) is 0.151. The van der Waals surface area contributed by atoms with Gasteiger partial charge in [-0.05, 0) is 50.7 Å². The zero-order valence-corrected chi connectivity index (χ0v) is 13.3. The quantitative estimate of drug-likeness (QED) is 0.405. The van der Waals surface area contributed by atoms with Crippen LogP contribution in [0.3, 0.4) is 0 Å². The van der Waals surface area contributed by atoms with Gasteiger partial charge in [0, 0.05) is 19.2 Å². The largest absolute Gasteiger partial charge is 0.380 e. The van der Waals surface area contributed by atoms with Gasteiger partial charge in [0.25, 0.3) is 11.6 Å². The maximum Gasteiger partial charge on any atom is 0.292 e. The van der Waals surface area contributed by atoms with Crippen molar-refractivity contribution in [3.8, 4) is 0 Å². The third-order valence-corrected chi connectivity index (χ3v) is 4.16. The number of hydrogen-bond donors (Lipinski definition) is 3. The van der Waals surface area contributed by atoms with E-state index in [1.165, 1.54) is 6.07 Å². The number of hydrogen-bond acceptors (Lipinski definition) is 5. The van der Waals surface area contributed by atoms with Gasteiger partial charge < -0.3 is 15.7 Å². The van der Waals surface area contributed by atoms with E-state index >= 15 is 0 Å². The predicted molar refractivity (Wildman–Crippen MR) is 87.4 cm³/mol. The lowest BCUT2D eigenvalue weighted by molar-refractivity contribution is -0.384. The number of aliphatic hydroxyl groups is 1. The van der Waals surface area contributed by atoms with Crippen molar-refractivity contribution in [3.05, 3.63) is 33.9 Å². The molecule has 1 aliphatic carbocycles. The number of carbonyl (C=O) groups is 1. The van der Waals surface area contributed by atoms with Crippen LogP contribution >= 0.6 is 0 Å². The molecule has 1 aromatic rings. The SMILES string of the molecule is Cc1ccc(NCCCNC(=O)C2(O)CCCC2)c([N+](=O)[O-])c1. The van der Waals surface area contributed by atoms with Crippen LogP contribution in [0.15, 0.2) is 18.2 Å². The standard InChI is InChI=1S/C16H23N3O4/c1-12-5-6-13(14(11-12)19(22)23)17-9-4-10-18-15(20)16(21)7-2-3-8-16/h5-6,11,17,21H,2-4,7-10H2,1H3,(H,18,20). The van der Waals surface area contributed by atoms with Crippen LogP contribution in [0.2, 0.25) is 0 Å². The molecule has 0 aromatic heterocycles. The fraction of sp³-hybridized carbons (Fsp3) is 0.562. The minimum atomic E-state index is -1.21. The maximum atomic E-state index is 11.9. The number of nitro benzene ring substituents is 1. The zero-order chi connectivity index (χ0) is 16.9. The maximum absolute atomic E-state index is 11.9. The van der Waals surface area contributed by atoms with Gasteiger partial charge in [0.2, 0.25) is 0 Å². The van der Waals surface area contributed by atoms with E-state index in [0.717, 1.165) is 18.4 Å². The first kappa shape index (κ1) is 17.2. The highest BCUT2D eigenvalue weighted by molar-refractivity contribution is 5.85. The third-order valence-electron chi connectivity index (χ3n) is 4.16. The van der Waals surface area contributed by atoms with Crippen LogP contribution in [0, 0.1) is 17.0 Å². The summed E-state index contributed by atoms with van der Waals surface area (Å²) in [6.45, 7) is 2.73. The van der Waals surface area contributed by atoms with Crippen molar-refractivity contribution in [1.82, 2.24) is 5.32 Å². The molecule has 0 saturated heterocycles. The smallest absolute Gasteiger partial charge is 0.292 e. The van der Waals surface area contributed by atoms with Crippen LogP contribution < -0.4 is 10.6 Å². The van der Waals surface area contributed by atoms with Gasteiger partial charge in [-0.2, -0.15) is 0 Å². The molecule has 0 bridgehead atoms. The first-order chi connectivity index (χ1) is 10.9. The number of rotatable bonds is 7. The summed E-state index contributed by atoms with van der Waals surface area (Å²) in [6, 6.07) is 5.03. The van der Waals surface area contributed by atoms with Crippen LogP contribution in [0.5, 0.6) is 0 Å². The van der Waals surface area contributed by atoms with E-state index in [9.17, 15) is 20.0 Å². The molecule has 1 aliphatic rings. The molecule has 0 spiro atoms. The van der Waals surface area contributed by atoms with Crippen LogP contribution in [0.1, 0.15) is 37.7 Å². The second-order valence-corrected chi connectivity index (χ2v) is 6.05. The summed E-state index contributed by atoms with van der Waals surface area (Å²) in [7, 11) is 0. The average Bonchev–Trinajstić information content (AvgIpc) is 2.96. The number of amides is 1. The molecule has 2 rings (SSSR count). The number of carbonyl (C=O) groups excluding carboxylic acids is 1. The van der Waals surface area contributed by atoms with E-state index in [0.29, 0.717) is 38.0 Å². The van der Waals surface area contributed by atoms with E-state index in [1.807, 2.05) is 6.07 Å². The highest BCUT2D eigenvalue weighted by Gasteiger charge is 2.38. The van der Waals surface area contributed by atoms with Crippen molar-refractivity contribution >= 4 is 17.3 Å². The molecule has 23 heavy (non-hydrogen) atoms. The van der Waals surface area contributed by atoms with Crippen molar-refractivity contribution in [2.24, 2.45) is 0 Å². The minimum Gasteiger partial charge on any atom is -0.380 e. The van der Waals surface area contributed by atoms with Crippen LogP contribution in [0.4, 0.5) is 11.4 Å². The Hall–Kier alpha value is -2.15. The average molecular weight is 321 g/mol. The number of nitro groups is 1. The van der Waals surface area contributed by atoms with Gasteiger partial charge in [0.05, 0.1) is 4.92 Å². The van der Waals surface area contributed by atoms with Crippen molar-refractivity contribution < 1.29 is 14.8 Å². The van der Waals surface area contributed by atoms with Crippen LogP contribution in [0.25, 0.3) is 0 Å². The van der Waals surface area contributed by atoms with Crippen LogP contribution in [-0.2, 0) is 4.79 Å². The van der Waals surface area contributed by atoms with Crippen molar-refractivity contribution in [1.29, 1.82) is 0 Å². The monoisotopic (exact) mass is 321 g/mol. The molecule has 1 saturated carbocycles. The summed E-state index contributed by atoms with van der Waals surface area (Å²) in [4.78, 5) is 22.5. The summed E-state index contributed by atoms with van der Waals surface area (Å²) < 4.78 is 0. The molecule has 0 heterocycles. The summed E-state index contributed by atoms with van der Waals surface area (Å²) in [5.74, 6) is -0.309. The zero-order valence-electron chi connectivity index (χ0n) is 13.3. The van der Waals surface area contributed by atoms with Crippen molar-refractivity contribution in [3.63, 3.8) is 0 Å². The molecule has 3 N–H and O–H groups in total. The number of aryl methyl sites for hydroxylation is 1. The first-order valence-corrected chi connectivity index (χ1v) is 7.92. The van der Waals surface area contributed by atoms with Crippen LogP contribution in [-0.4, -0.2) is 34.6 Å². The molecule has 7 heteroatoms. The van der Waals surface area contributed by atoms with Gasteiger partial charge in [-0.15, -0.1) is 0 Å². The number of nitrogens with zero attached hydrogens (tertiary/aromatic N) is 1. The molecule has 7 nitrogen and oxygen atoms in total. The molecule has 0 atom stereocenters. The Bertz CT molecular complexity index is 583. The van der Waals surface area contributed by atoms with Crippen molar-refractivity contribution in [2.75, 3.05) is 18.4 Å². The summed E-state index contributed by atoms with van der Waals surface area (Å²) in [6.07, 6.45) is 3.41. The van der Waals surface area contributed by atoms with Crippen molar-refractivity contribution in [2.45, 2.75) is 44.6 Å². The Labute approximate surface area is 135 Å². The lowest BCUT2D eigenvalue weighted by Gasteiger charge is -2.20. The van der Waals surface area contributed by atoms with E-state index in [-0.39, 0.29) is 11.6 Å². The fourth-order valence-corrected chi connectivity index (χ4v) is 2.81. The molecule has 126 valence electrons. The highest BCUT2D eigenvalue weighted by Crippen LogP contribution is 2.29. The Morgan fingerprint density at radius 3 is 2.70 bits per heavy atom. The third kappa shape index (κ3) is 4.41. The van der Waals surface area contributed by atoms with E-state index in [4.69, 9.17) is 0 Å². The lowest BCUT2D eigenvalue weighted by Crippen LogP contribution is -2.45. The molecule has 0 radical (unpaired) electrons. The van der Waals surface area contributed by atoms with Gasteiger partial charge >= 0.3 is 0 Å². The topological polar surface area (TPSA) is 104 Å². The Kier molecular flexibility index (Phi) is 5.54. The Balaban J connectivity index is 1.76. The van der Waals surface area contributed by atoms with E-state index in [1.54, 1.807) is 13.0 Å². The summed E-state index contributed by atoms with van der Waals surface area (Å²) in [5, 5.41) is 26.9. The molecule has 1 fully saturated rings. The predicted octanol–water partition coefficient (Wildman–Crippen LogP) is 2.13. The van der Waals surface area contributed by atoms with E-state index in [2.05, 4.69) is 10.6 Å². The number of benzene rings is 1. The minimum absolute atomic E-state index is 0.0503. The molecule has 1 amide bonds.